The van der Waals surface area contributed by atoms with E-state index in [4.69, 9.17) is 10.5 Å². The maximum Gasteiger partial charge on any atom is 0.245 e. The van der Waals surface area contributed by atoms with E-state index in [1.807, 2.05) is 6.07 Å². The van der Waals surface area contributed by atoms with Gasteiger partial charge in [0.15, 0.2) is 0 Å². The Labute approximate surface area is 372 Å². The smallest absolute Gasteiger partial charge is 0.245 e. The normalized spacial score (nSPS) is 29.7. The zero-order valence-electron chi connectivity index (χ0n) is 35.7. The highest BCUT2D eigenvalue weighted by molar-refractivity contribution is 6.01. The van der Waals surface area contributed by atoms with Gasteiger partial charge in [-0.1, -0.05) is 62.4 Å². The maximum absolute atomic E-state index is 14.4. The number of ether oxygens (including phenoxy) is 1. The summed E-state index contributed by atoms with van der Waals surface area (Å²) in [4.78, 5) is 116. The van der Waals surface area contributed by atoms with Gasteiger partial charge in [0.05, 0.1) is 25.5 Å². The summed E-state index contributed by atoms with van der Waals surface area (Å²) in [7, 11) is 0. The molecule has 65 heavy (non-hydrogen) atoms. The van der Waals surface area contributed by atoms with Crippen LogP contribution in [-0.4, -0.2) is 148 Å². The van der Waals surface area contributed by atoms with E-state index in [9.17, 15) is 53.7 Å². The van der Waals surface area contributed by atoms with E-state index in [1.54, 1.807) is 68.6 Å². The third-order valence-electron chi connectivity index (χ3n) is 11.4. The van der Waals surface area contributed by atoms with Crippen molar-refractivity contribution in [3.63, 3.8) is 0 Å². The van der Waals surface area contributed by atoms with Gasteiger partial charge in [0.2, 0.25) is 47.3 Å². The van der Waals surface area contributed by atoms with Gasteiger partial charge in [-0.3, -0.25) is 38.4 Å². The number of benzene rings is 2. The molecule has 6 rings (SSSR count). The molecular formula is C43H56N10O12. The number of rotatable bonds is 10. The fourth-order valence-corrected chi connectivity index (χ4v) is 7.90. The van der Waals surface area contributed by atoms with E-state index in [1.165, 1.54) is 0 Å². The first-order valence-corrected chi connectivity index (χ1v) is 21.4. The number of carbonyl (C=O) groups is 8. The highest BCUT2D eigenvalue weighted by Crippen LogP contribution is 2.21. The van der Waals surface area contributed by atoms with Gasteiger partial charge in [0.1, 0.15) is 60.8 Å². The minimum Gasteiger partial charge on any atom is -0.394 e. The largest absolute Gasteiger partial charge is 0.394 e. The first kappa shape index (κ1) is 48.0. The Kier molecular flexibility index (Phi) is 15.9. The minimum atomic E-state index is -1.81. The number of aromatic nitrogens is 1. The van der Waals surface area contributed by atoms with Gasteiger partial charge in [-0.25, -0.2) is 0 Å². The molecule has 0 saturated carbocycles. The monoisotopic (exact) mass is 904 g/mol. The van der Waals surface area contributed by atoms with Crippen molar-refractivity contribution < 1.29 is 58.4 Å². The molecule has 11 atom stereocenters. The van der Waals surface area contributed by atoms with Crippen LogP contribution in [0.15, 0.2) is 60.8 Å². The van der Waals surface area contributed by atoms with Crippen LogP contribution in [0.1, 0.15) is 44.2 Å². The Morgan fingerprint density at radius 3 is 2.05 bits per heavy atom. The standard InChI is InChI=1S/C43H56N10O12/c1-20(2)12-25-37(59)51-29(16-33(56)53-43-34(44)36(58)35(57)31(19-54)65-43)41(63)50-28-15-32(55)46-18-30(42(64)47-25)52-38(60)26(13-21-8-4-3-5-9-21)48-39(61)27(49-40(28)62)14-22-17-45-24-11-7-6-10-23(22)24/h3-11,17,20,25-31,34-36,43,45,54,57-58H,12-16,18-19,44H2,1-2H3,(H,46,55)(H,47,64)(H,48,61)(H,49,62)(H,50,63)(H,51,59)(H,52,60)(H,53,56)/t25-,26-,27-,28+,29-,30+,31+,34+,35+,36+,43+/m0/s1. The third-order valence-corrected chi connectivity index (χ3v) is 11.4. The summed E-state index contributed by atoms with van der Waals surface area (Å²) in [5.41, 5.74) is 7.98. The van der Waals surface area contributed by atoms with Crippen molar-refractivity contribution >= 4 is 58.2 Å². The fourth-order valence-electron chi connectivity index (χ4n) is 7.90. The van der Waals surface area contributed by atoms with Crippen LogP contribution in [0.3, 0.4) is 0 Å². The van der Waals surface area contributed by atoms with E-state index in [2.05, 4.69) is 47.5 Å². The van der Waals surface area contributed by atoms with Crippen molar-refractivity contribution in [3.05, 3.63) is 71.9 Å². The molecule has 3 saturated heterocycles. The zero-order chi connectivity index (χ0) is 46.9. The number of nitrogens with two attached hydrogens (primary N) is 1. The number of H-pyrrole nitrogens is 1. The molecule has 0 radical (unpaired) electrons. The lowest BCUT2D eigenvalue weighted by Crippen LogP contribution is -2.66. The van der Waals surface area contributed by atoms with E-state index >= 15 is 0 Å². The lowest BCUT2D eigenvalue weighted by molar-refractivity contribution is -0.197. The first-order valence-electron chi connectivity index (χ1n) is 21.4. The zero-order valence-corrected chi connectivity index (χ0v) is 35.7. The summed E-state index contributed by atoms with van der Waals surface area (Å²) in [6.07, 6.45) is -6.23. The molecule has 350 valence electrons. The topological polar surface area (TPSA) is 345 Å². The van der Waals surface area contributed by atoms with Crippen molar-refractivity contribution in [3.8, 4) is 0 Å². The van der Waals surface area contributed by atoms with Gasteiger partial charge in [-0.05, 0) is 29.5 Å². The van der Waals surface area contributed by atoms with Crippen molar-refractivity contribution in [2.75, 3.05) is 13.2 Å². The average Bonchev–Trinajstić information content (AvgIpc) is 3.68. The lowest BCUT2D eigenvalue weighted by atomic mass is 9.96. The Hall–Kier alpha value is -6.46. The Morgan fingerprint density at radius 2 is 1.32 bits per heavy atom. The number of hydrogen-bond acceptors (Lipinski definition) is 13. The van der Waals surface area contributed by atoms with Crippen LogP contribution in [0.25, 0.3) is 10.9 Å². The summed E-state index contributed by atoms with van der Waals surface area (Å²) in [6.45, 7) is 2.23. The molecule has 1 aromatic heterocycles. The number of aliphatic hydroxyl groups is 3. The van der Waals surface area contributed by atoms with Crippen LogP contribution in [0.4, 0.5) is 0 Å². The van der Waals surface area contributed by atoms with Gasteiger partial charge in [0.25, 0.3) is 0 Å². The highest BCUT2D eigenvalue weighted by Gasteiger charge is 2.44. The van der Waals surface area contributed by atoms with Crippen molar-refractivity contribution in [1.82, 2.24) is 47.5 Å². The number of amides is 8. The Bertz CT molecular complexity index is 2240. The molecule has 3 fully saturated rings. The molecule has 0 spiro atoms. The van der Waals surface area contributed by atoms with E-state index in [-0.39, 0.29) is 25.2 Å². The maximum atomic E-state index is 14.4. The molecule has 8 amide bonds. The fraction of sp³-hybridized carbons (Fsp3) is 0.488. The number of nitrogens with one attached hydrogen (secondary N) is 9. The van der Waals surface area contributed by atoms with Crippen LogP contribution in [0.2, 0.25) is 0 Å². The lowest BCUT2D eigenvalue weighted by Gasteiger charge is -2.41. The van der Waals surface area contributed by atoms with E-state index in [0.29, 0.717) is 11.1 Å². The molecular weight excluding hydrogens is 849 g/mol. The summed E-state index contributed by atoms with van der Waals surface area (Å²) < 4.78 is 5.49. The van der Waals surface area contributed by atoms with E-state index in [0.717, 1.165) is 10.9 Å². The molecule has 14 N–H and O–H groups in total. The van der Waals surface area contributed by atoms with Crippen LogP contribution >= 0.6 is 0 Å². The van der Waals surface area contributed by atoms with Gasteiger partial charge in [-0.2, -0.15) is 0 Å². The van der Waals surface area contributed by atoms with Crippen molar-refractivity contribution in [2.24, 2.45) is 11.7 Å². The highest BCUT2D eigenvalue weighted by atomic mass is 16.5. The number of hydrogen-bond donors (Lipinski definition) is 13. The van der Waals surface area contributed by atoms with Crippen LogP contribution in [0.5, 0.6) is 0 Å². The molecule has 0 aliphatic carbocycles. The molecule has 3 aromatic rings. The van der Waals surface area contributed by atoms with Gasteiger partial charge < -0.3 is 73.3 Å². The van der Waals surface area contributed by atoms with Crippen molar-refractivity contribution in [1.29, 1.82) is 0 Å². The second-order valence-electron chi connectivity index (χ2n) is 16.9. The molecule has 3 aliphatic rings. The molecule has 0 unspecified atom stereocenters. The number of carbonyl (C=O) groups excluding carboxylic acids is 8. The van der Waals surface area contributed by atoms with Crippen LogP contribution < -0.4 is 48.3 Å². The third kappa shape index (κ3) is 12.2. The van der Waals surface area contributed by atoms with Gasteiger partial charge in [0, 0.05) is 36.5 Å². The molecule has 22 nitrogen and oxygen atoms in total. The van der Waals surface area contributed by atoms with Crippen LogP contribution in [0, 0.1) is 5.92 Å². The number of para-hydroxylation sites is 1. The summed E-state index contributed by atoms with van der Waals surface area (Å²) >= 11 is 0. The quantitative estimate of drug-likeness (QED) is 0.0918. The summed E-state index contributed by atoms with van der Waals surface area (Å²) in [6, 6.07) is 5.32. The molecule has 2 aromatic carbocycles. The Balaban J connectivity index is 1.38. The SMILES string of the molecule is CC(C)C[C@@H]1NC(=O)[C@H]2CNC(=O)C[C@@H](NC(=O)[C@H](CC(=O)N[C@@H]3O[C@H](CO)[C@@H](O)[C@H](O)[C@H]3N)NC1=O)C(=O)N[C@@H](Cc1c[nH]c3ccccc13)C(=O)N[C@@H](Cc1ccccc1)C(=O)N2. The second-order valence-corrected chi connectivity index (χ2v) is 16.9. The molecule has 22 heteroatoms. The molecule has 3 aliphatic heterocycles. The number of aromatic amines is 1. The summed E-state index contributed by atoms with van der Waals surface area (Å²) in [5, 5.41) is 51.5. The van der Waals surface area contributed by atoms with Gasteiger partial charge >= 0.3 is 0 Å². The molecule has 2 bridgehead atoms. The van der Waals surface area contributed by atoms with Gasteiger partial charge in [-0.15, -0.1) is 0 Å². The van der Waals surface area contributed by atoms with Crippen molar-refractivity contribution in [2.45, 2.75) is 113 Å². The van der Waals surface area contributed by atoms with E-state index < -0.39 is 140 Å². The first-order chi connectivity index (χ1) is 31.0. The second kappa shape index (κ2) is 21.5. The van der Waals surface area contributed by atoms with Crippen LogP contribution in [-0.2, 0) is 55.9 Å². The number of fused-ring (bicyclic) bond motifs is 6. The minimum absolute atomic E-state index is 0.00575. The Morgan fingerprint density at radius 1 is 0.738 bits per heavy atom. The number of aliphatic hydroxyl groups excluding tert-OH is 3. The summed E-state index contributed by atoms with van der Waals surface area (Å²) in [5.74, 6) is -7.70. The predicted molar refractivity (Wildman–Crippen MR) is 229 cm³/mol. The molecule has 4 heterocycles. The predicted octanol–water partition coefficient (Wildman–Crippen LogP) is -4.29. The average molecular weight is 905 g/mol.